The van der Waals surface area contributed by atoms with E-state index in [1.807, 2.05) is 0 Å². The number of thioether (sulfide) groups is 1. The van der Waals surface area contributed by atoms with Gasteiger partial charge in [0.05, 0.1) is 17.0 Å². The predicted octanol–water partition coefficient (Wildman–Crippen LogP) is 3.54. The van der Waals surface area contributed by atoms with Crippen LogP contribution in [0, 0.1) is 0 Å². The van der Waals surface area contributed by atoms with Crippen molar-refractivity contribution in [2.75, 3.05) is 29.1 Å². The number of benzene rings is 1. The molecule has 0 saturated carbocycles. The van der Waals surface area contributed by atoms with Crippen LogP contribution in [0.4, 0.5) is 10.8 Å². The zero-order valence-electron chi connectivity index (χ0n) is 16.9. The second-order valence-electron chi connectivity index (χ2n) is 6.56. The summed E-state index contributed by atoms with van der Waals surface area (Å²) >= 11 is 2.87. The van der Waals surface area contributed by atoms with Gasteiger partial charge < -0.3 is 16.0 Å². The van der Waals surface area contributed by atoms with Gasteiger partial charge in [0.15, 0.2) is 10.8 Å². The Labute approximate surface area is 183 Å². The number of hydrogen-bond acceptors (Lipinski definition) is 8. The van der Waals surface area contributed by atoms with Gasteiger partial charge in [0.2, 0.25) is 5.91 Å². The van der Waals surface area contributed by atoms with Gasteiger partial charge >= 0.3 is 0 Å². The van der Waals surface area contributed by atoms with Gasteiger partial charge in [-0.15, -0.1) is 0 Å². The molecule has 30 heavy (non-hydrogen) atoms. The fourth-order valence-corrected chi connectivity index (χ4v) is 4.87. The van der Waals surface area contributed by atoms with Crippen molar-refractivity contribution < 1.29 is 9.59 Å². The van der Waals surface area contributed by atoms with Gasteiger partial charge in [0.25, 0.3) is 5.91 Å². The highest BCUT2D eigenvalue weighted by Crippen LogP contribution is 2.34. The molecule has 0 fully saturated rings. The minimum atomic E-state index is -0.586. The molecule has 3 N–H and O–H groups in total. The van der Waals surface area contributed by atoms with Crippen molar-refractivity contribution >= 4 is 56.1 Å². The number of nitrogens with one attached hydrogen (secondary N) is 1. The third-order valence-electron chi connectivity index (χ3n) is 4.21. The average molecular weight is 445 g/mol. The van der Waals surface area contributed by atoms with E-state index in [1.165, 1.54) is 18.1 Å². The quantitative estimate of drug-likeness (QED) is 0.363. The molecule has 2 aromatic heterocycles. The van der Waals surface area contributed by atoms with Gasteiger partial charge in [-0.2, -0.15) is 4.98 Å². The van der Waals surface area contributed by atoms with Gasteiger partial charge in [-0.05, 0) is 25.0 Å². The van der Waals surface area contributed by atoms with E-state index in [0.717, 1.165) is 40.8 Å². The molecule has 0 aliphatic carbocycles. The minimum absolute atomic E-state index is 0.139. The number of fused-ring (bicyclic) bond motifs is 1. The smallest absolute Gasteiger partial charge is 0.250 e. The first-order valence-corrected chi connectivity index (χ1v) is 11.5. The Morgan fingerprint density at radius 2 is 1.90 bits per heavy atom. The molecule has 3 rings (SSSR count). The lowest BCUT2D eigenvalue weighted by atomic mass is 10.1. The number of amides is 2. The number of anilines is 2. The zero-order valence-corrected chi connectivity index (χ0v) is 18.6. The molecule has 0 unspecified atom stereocenters. The van der Waals surface area contributed by atoms with Crippen LogP contribution in [0.5, 0.6) is 0 Å². The maximum atomic E-state index is 12.4. The molecule has 0 radical (unpaired) electrons. The van der Waals surface area contributed by atoms with Crippen LogP contribution in [0.2, 0.25) is 0 Å². The highest BCUT2D eigenvalue weighted by atomic mass is 32.2. The van der Waals surface area contributed by atoms with Crippen LogP contribution in [0.1, 0.15) is 37.0 Å². The van der Waals surface area contributed by atoms with Crippen LogP contribution in [-0.4, -0.2) is 45.6 Å². The van der Waals surface area contributed by atoms with Crippen LogP contribution >= 0.6 is 23.1 Å². The van der Waals surface area contributed by atoms with Gasteiger partial charge in [0.1, 0.15) is 16.1 Å². The third-order valence-corrected chi connectivity index (χ3v) is 6.44. The van der Waals surface area contributed by atoms with Crippen LogP contribution < -0.4 is 16.0 Å². The van der Waals surface area contributed by atoms with Gasteiger partial charge in [-0.25, -0.2) is 9.97 Å². The van der Waals surface area contributed by atoms with E-state index in [2.05, 4.69) is 39.0 Å². The molecule has 8 nitrogen and oxygen atoms in total. The maximum absolute atomic E-state index is 12.4. The normalized spacial score (nSPS) is 10.9. The Morgan fingerprint density at radius 1 is 1.17 bits per heavy atom. The van der Waals surface area contributed by atoms with E-state index in [1.54, 1.807) is 35.6 Å². The zero-order chi connectivity index (χ0) is 21.5. The van der Waals surface area contributed by atoms with Gasteiger partial charge in [-0.1, -0.05) is 49.1 Å². The summed E-state index contributed by atoms with van der Waals surface area (Å²) in [5.41, 5.74) is 6.69. The molecular weight excluding hydrogens is 420 g/mol. The molecule has 2 heterocycles. The SMILES string of the molecule is CCCN(CCC)c1nc2ncnc(SCC(=O)Nc3ccccc3C(N)=O)c2s1. The Kier molecular flexibility index (Phi) is 7.58. The molecule has 0 aliphatic rings. The number of nitrogens with zero attached hydrogens (tertiary/aromatic N) is 4. The number of nitrogens with two attached hydrogens (primary N) is 1. The van der Waals surface area contributed by atoms with Crippen molar-refractivity contribution in [3.63, 3.8) is 0 Å². The van der Waals surface area contributed by atoms with E-state index in [4.69, 9.17) is 5.73 Å². The van der Waals surface area contributed by atoms with Crippen LogP contribution in [0.3, 0.4) is 0 Å². The summed E-state index contributed by atoms with van der Waals surface area (Å²) in [5, 5.41) is 4.39. The second kappa shape index (κ2) is 10.4. The Hall–Kier alpha value is -2.72. The van der Waals surface area contributed by atoms with Crippen molar-refractivity contribution in [2.45, 2.75) is 31.7 Å². The molecule has 158 valence electrons. The van der Waals surface area contributed by atoms with E-state index < -0.39 is 5.91 Å². The highest BCUT2D eigenvalue weighted by Gasteiger charge is 2.17. The number of para-hydroxylation sites is 1. The Balaban J connectivity index is 1.73. The number of aromatic nitrogens is 3. The summed E-state index contributed by atoms with van der Waals surface area (Å²) in [6.07, 6.45) is 3.55. The summed E-state index contributed by atoms with van der Waals surface area (Å²) in [7, 11) is 0. The fourth-order valence-electron chi connectivity index (χ4n) is 2.93. The monoisotopic (exact) mass is 444 g/mol. The largest absolute Gasteiger partial charge is 0.366 e. The molecule has 0 atom stereocenters. The lowest BCUT2D eigenvalue weighted by Crippen LogP contribution is -2.24. The van der Waals surface area contributed by atoms with Crippen LogP contribution in [-0.2, 0) is 4.79 Å². The molecule has 0 saturated heterocycles. The molecule has 2 amide bonds. The molecule has 0 aliphatic heterocycles. The van der Waals surface area contributed by atoms with E-state index in [0.29, 0.717) is 11.3 Å². The number of rotatable bonds is 10. The van der Waals surface area contributed by atoms with Crippen LogP contribution in [0.15, 0.2) is 35.6 Å². The summed E-state index contributed by atoms with van der Waals surface area (Å²) in [5.74, 6) is -0.694. The van der Waals surface area contributed by atoms with Gasteiger partial charge in [-0.3, -0.25) is 9.59 Å². The Morgan fingerprint density at radius 3 is 2.60 bits per heavy atom. The standard InChI is InChI=1S/C20H24N6O2S2/c1-3-9-26(10-4-2)20-25-18-16(30-20)19(23-12-22-18)29-11-15(27)24-14-8-6-5-7-13(14)17(21)28/h5-8,12H,3-4,9-11H2,1-2H3,(H2,21,28)(H,24,27). The number of hydrogen-bond donors (Lipinski definition) is 2. The van der Waals surface area contributed by atoms with Gasteiger partial charge in [0, 0.05) is 13.1 Å². The third kappa shape index (κ3) is 5.25. The van der Waals surface area contributed by atoms with E-state index in [-0.39, 0.29) is 17.2 Å². The summed E-state index contributed by atoms with van der Waals surface area (Å²) < 4.78 is 0.875. The molecule has 0 spiro atoms. The van der Waals surface area contributed by atoms with Crippen molar-refractivity contribution in [1.82, 2.24) is 15.0 Å². The topological polar surface area (TPSA) is 114 Å². The lowest BCUT2D eigenvalue weighted by Gasteiger charge is -2.19. The maximum Gasteiger partial charge on any atom is 0.250 e. The first-order valence-electron chi connectivity index (χ1n) is 9.71. The van der Waals surface area contributed by atoms with Crippen molar-refractivity contribution in [2.24, 2.45) is 5.73 Å². The molecule has 0 bridgehead atoms. The highest BCUT2D eigenvalue weighted by molar-refractivity contribution is 8.00. The molecular formula is C20H24N6O2S2. The summed E-state index contributed by atoms with van der Waals surface area (Å²) in [4.78, 5) is 39.5. The number of carbonyl (C=O) groups is 2. The molecule has 10 heteroatoms. The molecule has 1 aromatic carbocycles. The van der Waals surface area contributed by atoms with Crippen LogP contribution in [0.25, 0.3) is 10.3 Å². The first kappa shape index (κ1) is 22.0. The molecule has 3 aromatic rings. The van der Waals surface area contributed by atoms with Crippen molar-refractivity contribution in [1.29, 1.82) is 0 Å². The Bertz CT molecular complexity index is 1030. The number of thiazole rings is 1. The van der Waals surface area contributed by atoms with E-state index in [9.17, 15) is 9.59 Å². The van der Waals surface area contributed by atoms with Crippen molar-refractivity contribution in [3.8, 4) is 0 Å². The summed E-state index contributed by atoms with van der Waals surface area (Å²) in [6.45, 7) is 6.16. The lowest BCUT2D eigenvalue weighted by molar-refractivity contribution is -0.113. The van der Waals surface area contributed by atoms with E-state index >= 15 is 0 Å². The predicted molar refractivity (Wildman–Crippen MR) is 122 cm³/mol. The average Bonchev–Trinajstić information content (AvgIpc) is 3.17. The minimum Gasteiger partial charge on any atom is -0.366 e. The van der Waals surface area contributed by atoms with Crippen molar-refractivity contribution in [3.05, 3.63) is 36.2 Å². The first-order chi connectivity index (χ1) is 14.5. The number of carbonyl (C=O) groups excluding carboxylic acids is 2. The number of primary amides is 1. The summed E-state index contributed by atoms with van der Waals surface area (Å²) in [6, 6.07) is 6.66. The second-order valence-corrected chi connectivity index (χ2v) is 8.50. The fraction of sp³-hybridized carbons (Fsp3) is 0.350.